The van der Waals surface area contributed by atoms with Crippen molar-refractivity contribution in [1.82, 2.24) is 0 Å². The predicted octanol–water partition coefficient (Wildman–Crippen LogP) is 5.91. The highest BCUT2D eigenvalue weighted by molar-refractivity contribution is 6.02. The van der Waals surface area contributed by atoms with Crippen molar-refractivity contribution in [2.24, 2.45) is 0 Å². The molecule has 2 aromatic carbocycles. The Bertz CT molecular complexity index is 1090. The zero-order chi connectivity index (χ0) is 22.7. The molecule has 5 heteroatoms. The van der Waals surface area contributed by atoms with Crippen LogP contribution < -0.4 is 9.47 Å². The number of carbonyl (C=O) groups is 1. The van der Waals surface area contributed by atoms with E-state index in [0.29, 0.717) is 6.42 Å². The van der Waals surface area contributed by atoms with E-state index in [1.807, 2.05) is 45.1 Å². The number of hydrogen-bond acceptors (Lipinski definition) is 5. The van der Waals surface area contributed by atoms with Crippen molar-refractivity contribution in [3.63, 3.8) is 0 Å². The van der Waals surface area contributed by atoms with Crippen molar-refractivity contribution in [3.05, 3.63) is 76.4 Å². The Morgan fingerprint density at radius 1 is 1.23 bits per heavy atom. The molecule has 1 aliphatic heterocycles. The number of Topliss-reactive ketones (excluding diaryl/α,β-unsaturated/α-hetero) is 1. The van der Waals surface area contributed by atoms with Crippen molar-refractivity contribution in [3.8, 4) is 23.0 Å². The summed E-state index contributed by atoms with van der Waals surface area (Å²) in [5, 5.41) is 19.9. The van der Waals surface area contributed by atoms with Gasteiger partial charge < -0.3 is 19.7 Å². The van der Waals surface area contributed by atoms with E-state index >= 15 is 0 Å². The number of methoxy groups -OCH3 is 1. The van der Waals surface area contributed by atoms with Gasteiger partial charge in [0.2, 0.25) is 0 Å². The molecule has 0 saturated carbocycles. The van der Waals surface area contributed by atoms with Crippen molar-refractivity contribution < 1.29 is 24.5 Å². The highest BCUT2D eigenvalue weighted by atomic mass is 16.5. The number of phenols is 2. The summed E-state index contributed by atoms with van der Waals surface area (Å²) < 4.78 is 11.8. The molecule has 1 atom stereocenters. The van der Waals surface area contributed by atoms with Crippen LogP contribution in [0, 0.1) is 0 Å². The van der Waals surface area contributed by atoms with Crippen LogP contribution in [0.15, 0.2) is 54.1 Å². The van der Waals surface area contributed by atoms with Gasteiger partial charge in [-0.15, -0.1) is 0 Å². The minimum absolute atomic E-state index is 0.0867. The van der Waals surface area contributed by atoms with Crippen molar-refractivity contribution >= 4 is 11.9 Å². The van der Waals surface area contributed by atoms with Crippen LogP contribution in [0.3, 0.4) is 0 Å². The third kappa shape index (κ3) is 5.00. The van der Waals surface area contributed by atoms with E-state index in [9.17, 15) is 15.0 Å². The van der Waals surface area contributed by atoms with E-state index in [1.165, 1.54) is 11.6 Å². The fourth-order valence-electron chi connectivity index (χ4n) is 3.61. The molecule has 0 saturated heterocycles. The third-order valence-electron chi connectivity index (χ3n) is 5.06. The summed E-state index contributed by atoms with van der Waals surface area (Å²) in [4.78, 5) is 12.7. The molecule has 0 spiro atoms. The molecule has 2 aromatic rings. The lowest BCUT2D eigenvalue weighted by Gasteiger charge is -2.27. The molecule has 0 fully saturated rings. The van der Waals surface area contributed by atoms with Gasteiger partial charge in [-0.25, -0.2) is 0 Å². The summed E-state index contributed by atoms with van der Waals surface area (Å²) in [6.45, 7) is 9.91. The second-order valence-electron chi connectivity index (χ2n) is 8.04. The monoisotopic (exact) mass is 420 g/mol. The summed E-state index contributed by atoms with van der Waals surface area (Å²) in [7, 11) is 1.64. The second-order valence-corrected chi connectivity index (χ2v) is 8.04. The Balaban J connectivity index is 2.10. The predicted molar refractivity (Wildman–Crippen MR) is 122 cm³/mol. The first-order valence-electron chi connectivity index (χ1n) is 10.1. The molecule has 1 aliphatic rings. The van der Waals surface area contributed by atoms with Gasteiger partial charge in [-0.05, 0) is 50.5 Å². The van der Waals surface area contributed by atoms with E-state index in [0.717, 1.165) is 34.1 Å². The summed E-state index contributed by atoms with van der Waals surface area (Å²) in [6, 6.07) is 6.43. The first-order valence-corrected chi connectivity index (χ1v) is 10.1. The fraction of sp³-hybridized carbons (Fsp3) is 0.269. The lowest BCUT2D eigenvalue weighted by Crippen LogP contribution is -2.21. The lowest BCUT2D eigenvalue weighted by atomic mass is 9.92. The average Bonchev–Trinajstić information content (AvgIpc) is 2.69. The molecular weight excluding hydrogens is 392 g/mol. The van der Waals surface area contributed by atoms with Crippen LogP contribution in [0.1, 0.15) is 60.3 Å². The van der Waals surface area contributed by atoms with Crippen molar-refractivity contribution in [2.75, 3.05) is 7.11 Å². The molecular formula is C26H28O5. The molecule has 0 aliphatic carbocycles. The summed E-state index contributed by atoms with van der Waals surface area (Å²) in [6.07, 6.45) is 6.17. The van der Waals surface area contributed by atoms with E-state index in [4.69, 9.17) is 9.47 Å². The number of ether oxygens (including phenoxy) is 2. The highest BCUT2D eigenvalue weighted by Gasteiger charge is 2.31. The van der Waals surface area contributed by atoms with Crippen LogP contribution in [0.5, 0.6) is 23.0 Å². The smallest absolute Gasteiger partial charge is 0.174 e. The van der Waals surface area contributed by atoms with E-state index in [2.05, 4.69) is 12.7 Å². The Morgan fingerprint density at radius 2 is 1.97 bits per heavy atom. The molecule has 0 amide bonds. The number of benzene rings is 2. The van der Waals surface area contributed by atoms with Gasteiger partial charge >= 0.3 is 0 Å². The van der Waals surface area contributed by atoms with Crippen molar-refractivity contribution in [1.29, 1.82) is 0 Å². The number of hydrogen-bond donors (Lipinski definition) is 2. The van der Waals surface area contributed by atoms with Gasteiger partial charge in [-0.1, -0.05) is 36.0 Å². The van der Waals surface area contributed by atoms with Gasteiger partial charge in [0.05, 0.1) is 13.5 Å². The van der Waals surface area contributed by atoms with Crippen molar-refractivity contribution in [2.45, 2.75) is 39.7 Å². The zero-order valence-corrected chi connectivity index (χ0v) is 18.4. The Morgan fingerprint density at radius 3 is 2.61 bits per heavy atom. The standard InChI is InChI=1S/C26H28O5/c1-15(2)6-8-17-10-19(11-18(26(17)30-5)9-7-16(3)4)23-14-22(29)25-21(28)12-20(27)13-24(25)31-23/h6-8,10-13,23,27-28H,1,9,14H2,2-5H3/b8-6-/t23-/m0/s1. The van der Waals surface area contributed by atoms with Crippen LogP contribution in [0.2, 0.25) is 0 Å². The number of rotatable bonds is 6. The molecule has 5 nitrogen and oxygen atoms in total. The van der Waals surface area contributed by atoms with Gasteiger partial charge in [0, 0.05) is 17.7 Å². The molecule has 0 bridgehead atoms. The van der Waals surface area contributed by atoms with Gasteiger partial charge in [0.1, 0.15) is 34.7 Å². The fourth-order valence-corrected chi connectivity index (χ4v) is 3.61. The molecule has 162 valence electrons. The Labute approximate surface area is 183 Å². The molecule has 31 heavy (non-hydrogen) atoms. The van der Waals surface area contributed by atoms with E-state index in [-0.39, 0.29) is 35.0 Å². The minimum Gasteiger partial charge on any atom is -0.508 e. The summed E-state index contributed by atoms with van der Waals surface area (Å²) >= 11 is 0. The van der Waals surface area contributed by atoms with Gasteiger partial charge in [0.25, 0.3) is 0 Å². The van der Waals surface area contributed by atoms with Gasteiger partial charge in [0.15, 0.2) is 5.78 Å². The van der Waals surface area contributed by atoms with Gasteiger partial charge in [-0.2, -0.15) is 0 Å². The second kappa shape index (κ2) is 9.13. The minimum atomic E-state index is -0.547. The summed E-state index contributed by atoms with van der Waals surface area (Å²) in [5.74, 6) is 0.275. The molecule has 3 rings (SSSR count). The van der Waals surface area contributed by atoms with E-state index < -0.39 is 6.10 Å². The maximum atomic E-state index is 12.7. The highest BCUT2D eigenvalue weighted by Crippen LogP contribution is 2.42. The number of fused-ring (bicyclic) bond motifs is 1. The van der Waals surface area contributed by atoms with E-state index in [1.54, 1.807) is 7.11 Å². The number of ketones is 1. The Kier molecular flexibility index (Phi) is 6.54. The van der Waals surface area contributed by atoms with Gasteiger partial charge in [-0.3, -0.25) is 4.79 Å². The van der Waals surface area contributed by atoms with Crippen LogP contribution >= 0.6 is 0 Å². The quantitative estimate of drug-likeness (QED) is 0.449. The maximum Gasteiger partial charge on any atom is 0.174 e. The SMILES string of the molecule is C=C(C)/C=C\c1cc([C@@H]2CC(=O)c3c(O)cc(O)cc3O2)cc(CC=C(C)C)c1OC. The molecule has 0 unspecified atom stereocenters. The van der Waals surface area contributed by atoms with Crippen LogP contribution in [-0.4, -0.2) is 23.1 Å². The van der Waals surface area contributed by atoms with Crippen LogP contribution in [-0.2, 0) is 6.42 Å². The van der Waals surface area contributed by atoms with Crippen LogP contribution in [0.25, 0.3) is 6.08 Å². The molecule has 2 N–H and O–H groups in total. The largest absolute Gasteiger partial charge is 0.508 e. The normalized spacial score (nSPS) is 15.4. The molecule has 0 radical (unpaired) electrons. The van der Waals surface area contributed by atoms with Crippen LogP contribution in [0.4, 0.5) is 0 Å². The first kappa shape index (κ1) is 22.2. The average molecular weight is 421 g/mol. The third-order valence-corrected chi connectivity index (χ3v) is 5.06. The first-order chi connectivity index (χ1) is 14.7. The molecule has 0 aromatic heterocycles. The summed E-state index contributed by atoms with van der Waals surface area (Å²) in [5.41, 5.74) is 4.86. The number of allylic oxidation sites excluding steroid dienone is 4. The number of carbonyl (C=O) groups excluding carboxylic acids is 1. The number of aromatic hydroxyl groups is 2. The zero-order valence-electron chi connectivity index (χ0n) is 18.4. The topological polar surface area (TPSA) is 76.0 Å². The number of phenolic OH excluding ortho intramolecular Hbond substituents is 2. The maximum absolute atomic E-state index is 12.7. The molecule has 1 heterocycles. The Hall–Kier alpha value is -3.47. The lowest BCUT2D eigenvalue weighted by molar-refractivity contribution is 0.0844.